The van der Waals surface area contributed by atoms with Crippen molar-refractivity contribution in [2.75, 3.05) is 11.4 Å². The molecule has 0 atom stereocenters. The molecule has 1 aliphatic heterocycles. The van der Waals surface area contributed by atoms with Crippen LogP contribution in [0.5, 0.6) is 5.75 Å². The van der Waals surface area contributed by atoms with Crippen molar-refractivity contribution in [1.29, 1.82) is 0 Å². The number of phenols is 1. The number of nitrogens with zero attached hydrogens (tertiary/aromatic N) is 1. The van der Waals surface area contributed by atoms with Crippen molar-refractivity contribution >= 4 is 37.5 Å². The third-order valence-electron chi connectivity index (χ3n) is 3.66. The summed E-state index contributed by atoms with van der Waals surface area (Å²) in [6.45, 7) is 1.93. The number of phenolic OH excluding ortho intramolecular Hbond substituents is 1. The summed E-state index contributed by atoms with van der Waals surface area (Å²) in [5.41, 5.74) is 3.94. The molecule has 3 rings (SSSR count). The van der Waals surface area contributed by atoms with Gasteiger partial charge in [0.15, 0.2) is 0 Å². The summed E-state index contributed by atoms with van der Waals surface area (Å²) in [7, 11) is 0. The maximum absolute atomic E-state index is 9.79. The van der Waals surface area contributed by atoms with Crippen molar-refractivity contribution in [2.24, 2.45) is 0 Å². The minimum atomic E-state index is 0.257. The summed E-state index contributed by atoms with van der Waals surface area (Å²) < 4.78 is 1.46. The summed E-state index contributed by atoms with van der Waals surface area (Å²) in [5, 5.41) is 9.79. The monoisotopic (exact) mass is 395 g/mol. The summed E-state index contributed by atoms with van der Waals surface area (Å²) in [5.74, 6) is 0.257. The maximum Gasteiger partial charge on any atom is 0.143 e. The van der Waals surface area contributed by atoms with Crippen molar-refractivity contribution in [3.63, 3.8) is 0 Å². The Morgan fingerprint density at radius 2 is 1.80 bits per heavy atom. The molecule has 1 N–H and O–H groups in total. The molecule has 0 aliphatic carbocycles. The molecule has 20 heavy (non-hydrogen) atoms. The zero-order valence-electron chi connectivity index (χ0n) is 10.9. The summed E-state index contributed by atoms with van der Waals surface area (Å²) in [4.78, 5) is 2.41. The molecule has 2 aromatic carbocycles. The normalized spacial score (nSPS) is 14.2. The molecule has 0 radical (unpaired) electrons. The first kappa shape index (κ1) is 14.0. The first-order valence-corrected chi connectivity index (χ1v) is 8.23. The minimum absolute atomic E-state index is 0.257. The highest BCUT2D eigenvalue weighted by molar-refractivity contribution is 9.11. The highest BCUT2D eigenvalue weighted by atomic mass is 79.9. The van der Waals surface area contributed by atoms with Crippen molar-refractivity contribution in [1.82, 2.24) is 0 Å². The van der Waals surface area contributed by atoms with Gasteiger partial charge in [-0.1, -0.05) is 18.2 Å². The van der Waals surface area contributed by atoms with Crippen LogP contribution in [-0.4, -0.2) is 11.7 Å². The summed E-state index contributed by atoms with van der Waals surface area (Å²) in [6.07, 6.45) is 2.35. The Morgan fingerprint density at radius 3 is 2.55 bits per heavy atom. The molecular formula is C16H15Br2NO. The van der Waals surface area contributed by atoms with Crippen LogP contribution in [0.4, 0.5) is 5.69 Å². The average Bonchev–Trinajstić information content (AvgIpc) is 2.45. The second kappa shape index (κ2) is 5.78. The molecule has 4 heteroatoms. The van der Waals surface area contributed by atoms with Gasteiger partial charge in [0.2, 0.25) is 0 Å². The van der Waals surface area contributed by atoms with E-state index in [9.17, 15) is 5.11 Å². The number of hydrogen-bond donors (Lipinski definition) is 1. The van der Waals surface area contributed by atoms with Gasteiger partial charge < -0.3 is 10.0 Å². The summed E-state index contributed by atoms with van der Waals surface area (Å²) in [6, 6.07) is 12.6. The smallest absolute Gasteiger partial charge is 0.143 e. The maximum atomic E-state index is 9.79. The van der Waals surface area contributed by atoms with Crippen LogP contribution in [0.25, 0.3) is 0 Å². The van der Waals surface area contributed by atoms with E-state index in [2.05, 4.69) is 61.0 Å². The zero-order valence-corrected chi connectivity index (χ0v) is 14.1. The Hall–Kier alpha value is -1.00. The number of hydrogen-bond acceptors (Lipinski definition) is 2. The minimum Gasteiger partial charge on any atom is -0.506 e. The van der Waals surface area contributed by atoms with Gasteiger partial charge in [0.1, 0.15) is 5.75 Å². The topological polar surface area (TPSA) is 23.5 Å². The lowest BCUT2D eigenvalue weighted by Gasteiger charge is -2.31. The predicted molar refractivity (Wildman–Crippen MR) is 89.3 cm³/mol. The Labute approximate surface area is 135 Å². The molecule has 0 bridgehead atoms. The fourth-order valence-corrected chi connectivity index (χ4v) is 3.99. The first-order chi connectivity index (χ1) is 9.65. The number of aryl methyl sites for hydroxylation is 1. The number of aromatic hydroxyl groups is 1. The molecule has 0 saturated heterocycles. The third kappa shape index (κ3) is 2.72. The standard InChI is InChI=1S/C16H15Br2NO/c17-13-8-11(9-14(18)16(13)20)10-19-7-3-5-12-4-1-2-6-15(12)19/h1-2,4,6,8-9,20H,3,5,7,10H2. The van der Waals surface area contributed by atoms with Crippen LogP contribution < -0.4 is 4.90 Å². The number of rotatable bonds is 2. The quantitative estimate of drug-likeness (QED) is 0.782. The zero-order chi connectivity index (χ0) is 14.1. The lowest BCUT2D eigenvalue weighted by molar-refractivity contribution is 0.468. The molecule has 0 aromatic heterocycles. The van der Waals surface area contributed by atoms with Gasteiger partial charge in [0.25, 0.3) is 0 Å². The molecule has 0 saturated carbocycles. The van der Waals surface area contributed by atoms with Crippen molar-refractivity contribution in [3.05, 3.63) is 56.5 Å². The van der Waals surface area contributed by atoms with Gasteiger partial charge in [-0.2, -0.15) is 0 Å². The molecule has 0 amide bonds. The van der Waals surface area contributed by atoms with E-state index < -0.39 is 0 Å². The Morgan fingerprint density at radius 1 is 1.10 bits per heavy atom. The van der Waals surface area contributed by atoms with Crippen LogP contribution in [0.2, 0.25) is 0 Å². The molecule has 2 aromatic rings. The van der Waals surface area contributed by atoms with Crippen molar-refractivity contribution in [3.8, 4) is 5.75 Å². The Balaban J connectivity index is 1.89. The van der Waals surface area contributed by atoms with E-state index in [0.717, 1.165) is 28.5 Å². The van der Waals surface area contributed by atoms with Crippen LogP contribution in [-0.2, 0) is 13.0 Å². The van der Waals surface area contributed by atoms with Gasteiger partial charge in [-0.15, -0.1) is 0 Å². The van der Waals surface area contributed by atoms with Gasteiger partial charge in [-0.3, -0.25) is 0 Å². The number of fused-ring (bicyclic) bond motifs is 1. The van der Waals surface area contributed by atoms with Crippen LogP contribution in [0.15, 0.2) is 45.3 Å². The first-order valence-electron chi connectivity index (χ1n) is 6.65. The van der Waals surface area contributed by atoms with E-state index in [-0.39, 0.29) is 5.75 Å². The fraction of sp³-hybridized carbons (Fsp3) is 0.250. The predicted octanol–water partition coefficient (Wildman–Crippen LogP) is 4.87. The largest absolute Gasteiger partial charge is 0.506 e. The second-order valence-corrected chi connectivity index (χ2v) is 6.77. The SMILES string of the molecule is Oc1c(Br)cc(CN2CCCc3ccccc32)cc1Br. The van der Waals surface area contributed by atoms with E-state index in [1.165, 1.54) is 23.2 Å². The van der Waals surface area contributed by atoms with Gasteiger partial charge in [0, 0.05) is 18.8 Å². The average molecular weight is 397 g/mol. The molecule has 0 spiro atoms. The molecule has 2 nitrogen and oxygen atoms in total. The number of para-hydroxylation sites is 1. The second-order valence-electron chi connectivity index (χ2n) is 5.06. The van der Waals surface area contributed by atoms with Crippen LogP contribution in [0.1, 0.15) is 17.5 Å². The van der Waals surface area contributed by atoms with E-state index in [1.807, 2.05) is 12.1 Å². The lowest BCUT2D eigenvalue weighted by atomic mass is 10.0. The number of benzene rings is 2. The molecule has 0 fully saturated rings. The van der Waals surface area contributed by atoms with E-state index >= 15 is 0 Å². The van der Waals surface area contributed by atoms with Gasteiger partial charge in [-0.25, -0.2) is 0 Å². The summed E-state index contributed by atoms with van der Waals surface area (Å²) >= 11 is 6.79. The van der Waals surface area contributed by atoms with E-state index in [4.69, 9.17) is 0 Å². The highest BCUT2D eigenvalue weighted by Gasteiger charge is 2.17. The third-order valence-corrected chi connectivity index (χ3v) is 4.87. The van der Waals surface area contributed by atoms with Gasteiger partial charge in [0.05, 0.1) is 8.95 Å². The van der Waals surface area contributed by atoms with Crippen LogP contribution in [0, 0.1) is 0 Å². The number of anilines is 1. The molecule has 104 valence electrons. The van der Waals surface area contributed by atoms with Crippen molar-refractivity contribution < 1.29 is 5.11 Å². The Kier molecular flexibility index (Phi) is 4.03. The lowest BCUT2D eigenvalue weighted by Crippen LogP contribution is -2.28. The number of halogens is 2. The van der Waals surface area contributed by atoms with Crippen LogP contribution >= 0.6 is 31.9 Å². The Bertz CT molecular complexity index is 619. The molecule has 0 unspecified atom stereocenters. The van der Waals surface area contributed by atoms with E-state index in [0.29, 0.717) is 0 Å². The van der Waals surface area contributed by atoms with Crippen molar-refractivity contribution in [2.45, 2.75) is 19.4 Å². The fourth-order valence-electron chi connectivity index (χ4n) is 2.71. The van der Waals surface area contributed by atoms with Gasteiger partial charge in [-0.05, 0) is 74.0 Å². The molecule has 1 heterocycles. The van der Waals surface area contributed by atoms with Crippen LogP contribution in [0.3, 0.4) is 0 Å². The molecular weight excluding hydrogens is 382 g/mol. The van der Waals surface area contributed by atoms with E-state index in [1.54, 1.807) is 0 Å². The molecule has 1 aliphatic rings. The van der Waals surface area contributed by atoms with Gasteiger partial charge >= 0.3 is 0 Å². The highest BCUT2D eigenvalue weighted by Crippen LogP contribution is 2.35.